The van der Waals surface area contributed by atoms with Gasteiger partial charge in [0.2, 0.25) is 0 Å². The Hall–Kier alpha value is -2.49. The number of anilines is 2. The molecule has 1 aliphatic rings. The van der Waals surface area contributed by atoms with Crippen LogP contribution in [-0.4, -0.2) is 26.1 Å². The van der Waals surface area contributed by atoms with Crippen LogP contribution in [0.1, 0.15) is 30.1 Å². The van der Waals surface area contributed by atoms with E-state index in [4.69, 9.17) is 4.74 Å². The number of benzene rings is 2. The summed E-state index contributed by atoms with van der Waals surface area (Å²) in [5, 5.41) is 2.93. The summed E-state index contributed by atoms with van der Waals surface area (Å²) < 4.78 is 5.25. The van der Waals surface area contributed by atoms with Gasteiger partial charge in [-0.1, -0.05) is 19.1 Å². The van der Waals surface area contributed by atoms with E-state index in [1.54, 1.807) is 19.2 Å². The average molecular weight is 324 g/mol. The third-order valence-electron chi connectivity index (χ3n) is 4.50. The zero-order valence-corrected chi connectivity index (χ0v) is 14.3. The molecule has 0 aromatic heterocycles. The Morgan fingerprint density at radius 1 is 1.17 bits per heavy atom. The second kappa shape index (κ2) is 7.39. The molecule has 1 N–H and O–H groups in total. The second-order valence-electron chi connectivity index (χ2n) is 6.39. The highest BCUT2D eigenvalue weighted by Gasteiger charge is 2.17. The van der Waals surface area contributed by atoms with E-state index in [9.17, 15) is 4.79 Å². The molecule has 1 heterocycles. The first-order valence-corrected chi connectivity index (χ1v) is 8.47. The Balaban J connectivity index is 1.69. The zero-order valence-electron chi connectivity index (χ0n) is 14.3. The van der Waals surface area contributed by atoms with Gasteiger partial charge in [0, 0.05) is 24.5 Å². The molecule has 126 valence electrons. The van der Waals surface area contributed by atoms with E-state index in [1.807, 2.05) is 24.3 Å². The Morgan fingerprint density at radius 2 is 1.92 bits per heavy atom. The molecule has 0 saturated carbocycles. The van der Waals surface area contributed by atoms with Crippen molar-refractivity contribution in [2.75, 3.05) is 30.4 Å². The van der Waals surface area contributed by atoms with Crippen molar-refractivity contribution in [1.29, 1.82) is 0 Å². The Labute approximate surface area is 143 Å². The first-order chi connectivity index (χ1) is 11.7. The maximum atomic E-state index is 12.4. The molecule has 3 rings (SSSR count). The quantitative estimate of drug-likeness (QED) is 0.917. The molecule has 2 aromatic carbocycles. The fourth-order valence-electron chi connectivity index (χ4n) is 3.21. The van der Waals surface area contributed by atoms with E-state index >= 15 is 0 Å². The van der Waals surface area contributed by atoms with Gasteiger partial charge >= 0.3 is 0 Å². The van der Waals surface area contributed by atoms with Crippen LogP contribution in [0, 0.1) is 5.92 Å². The van der Waals surface area contributed by atoms with Gasteiger partial charge in [-0.05, 0) is 55.2 Å². The number of amides is 1. The molecule has 1 fully saturated rings. The van der Waals surface area contributed by atoms with Crippen molar-refractivity contribution >= 4 is 17.3 Å². The van der Waals surface area contributed by atoms with Crippen LogP contribution in [0.5, 0.6) is 5.75 Å². The van der Waals surface area contributed by atoms with Gasteiger partial charge in [-0.15, -0.1) is 0 Å². The van der Waals surface area contributed by atoms with Crippen molar-refractivity contribution < 1.29 is 9.53 Å². The van der Waals surface area contributed by atoms with Crippen LogP contribution in [0.15, 0.2) is 48.5 Å². The smallest absolute Gasteiger partial charge is 0.259 e. The minimum atomic E-state index is -0.160. The number of ether oxygens (including phenoxy) is 1. The molecule has 1 atom stereocenters. The number of carbonyl (C=O) groups is 1. The van der Waals surface area contributed by atoms with Crippen molar-refractivity contribution in [3.63, 3.8) is 0 Å². The van der Waals surface area contributed by atoms with Gasteiger partial charge in [-0.2, -0.15) is 0 Å². The fraction of sp³-hybridized carbons (Fsp3) is 0.350. The lowest BCUT2D eigenvalue weighted by Gasteiger charge is -2.32. The number of rotatable bonds is 4. The van der Waals surface area contributed by atoms with E-state index in [-0.39, 0.29) is 5.91 Å². The van der Waals surface area contributed by atoms with Crippen LogP contribution in [0.4, 0.5) is 11.4 Å². The number of piperidine rings is 1. The summed E-state index contributed by atoms with van der Waals surface area (Å²) in [6, 6.07) is 15.3. The van der Waals surface area contributed by atoms with Gasteiger partial charge in [-0.25, -0.2) is 0 Å². The fourth-order valence-corrected chi connectivity index (χ4v) is 3.21. The third-order valence-corrected chi connectivity index (χ3v) is 4.50. The van der Waals surface area contributed by atoms with E-state index in [0.29, 0.717) is 11.3 Å². The average Bonchev–Trinajstić information content (AvgIpc) is 2.62. The Bertz CT molecular complexity index is 697. The van der Waals surface area contributed by atoms with Gasteiger partial charge in [0.05, 0.1) is 12.7 Å². The number of nitrogens with one attached hydrogen (secondary N) is 1. The lowest BCUT2D eigenvalue weighted by atomic mass is 10.00. The second-order valence-corrected chi connectivity index (χ2v) is 6.39. The van der Waals surface area contributed by atoms with Crippen LogP contribution in [0.3, 0.4) is 0 Å². The normalized spacial score (nSPS) is 17.4. The molecule has 1 amide bonds. The number of carbonyl (C=O) groups excluding carboxylic acids is 1. The van der Waals surface area contributed by atoms with Crippen LogP contribution >= 0.6 is 0 Å². The molecule has 4 heteroatoms. The number of para-hydroxylation sites is 1. The molecule has 0 spiro atoms. The van der Waals surface area contributed by atoms with Crippen molar-refractivity contribution in [2.45, 2.75) is 19.8 Å². The van der Waals surface area contributed by atoms with Crippen molar-refractivity contribution in [3.05, 3.63) is 54.1 Å². The molecule has 1 aliphatic heterocycles. The number of hydrogen-bond acceptors (Lipinski definition) is 3. The van der Waals surface area contributed by atoms with Crippen LogP contribution < -0.4 is 15.0 Å². The maximum Gasteiger partial charge on any atom is 0.259 e. The molecule has 4 nitrogen and oxygen atoms in total. The molecular formula is C20H24N2O2. The lowest BCUT2D eigenvalue weighted by molar-refractivity contribution is 0.102. The standard InChI is InChI=1S/C20H24N2O2/c1-15-6-5-13-22(14-15)17-11-9-16(10-12-17)21-20(23)18-7-3-4-8-19(18)24-2/h3-4,7-12,15H,5-6,13-14H2,1-2H3,(H,21,23). The molecule has 2 aromatic rings. The monoisotopic (exact) mass is 324 g/mol. The highest BCUT2D eigenvalue weighted by Crippen LogP contribution is 2.25. The van der Waals surface area contributed by atoms with Crippen molar-refractivity contribution in [1.82, 2.24) is 0 Å². The van der Waals surface area contributed by atoms with Gasteiger partial charge in [-0.3, -0.25) is 4.79 Å². The number of nitrogens with zero attached hydrogens (tertiary/aromatic N) is 1. The van der Waals surface area contributed by atoms with Crippen LogP contribution in [0.25, 0.3) is 0 Å². The molecule has 24 heavy (non-hydrogen) atoms. The molecule has 1 saturated heterocycles. The summed E-state index contributed by atoms with van der Waals surface area (Å²) in [4.78, 5) is 14.8. The molecule has 0 aliphatic carbocycles. The highest BCUT2D eigenvalue weighted by atomic mass is 16.5. The van der Waals surface area contributed by atoms with E-state index in [0.717, 1.165) is 24.7 Å². The van der Waals surface area contributed by atoms with E-state index in [1.165, 1.54) is 18.5 Å². The minimum absolute atomic E-state index is 0.160. The summed E-state index contributed by atoms with van der Waals surface area (Å²) in [6.45, 7) is 4.51. The van der Waals surface area contributed by atoms with Crippen molar-refractivity contribution in [3.8, 4) is 5.75 Å². The highest BCUT2D eigenvalue weighted by molar-refractivity contribution is 6.06. The molecular weight excluding hydrogens is 300 g/mol. The largest absolute Gasteiger partial charge is 0.496 e. The van der Waals surface area contributed by atoms with Gasteiger partial charge in [0.15, 0.2) is 0 Å². The van der Waals surface area contributed by atoms with Gasteiger partial charge in [0.1, 0.15) is 5.75 Å². The predicted molar refractivity (Wildman–Crippen MR) is 98.0 cm³/mol. The number of hydrogen-bond donors (Lipinski definition) is 1. The van der Waals surface area contributed by atoms with Crippen molar-refractivity contribution in [2.24, 2.45) is 5.92 Å². The topological polar surface area (TPSA) is 41.6 Å². The molecule has 1 unspecified atom stereocenters. The summed E-state index contributed by atoms with van der Waals surface area (Å²) in [7, 11) is 1.57. The summed E-state index contributed by atoms with van der Waals surface area (Å²) in [5.74, 6) is 1.16. The summed E-state index contributed by atoms with van der Waals surface area (Å²) in [6.07, 6.45) is 2.55. The molecule has 0 bridgehead atoms. The Kier molecular flexibility index (Phi) is 5.04. The minimum Gasteiger partial charge on any atom is -0.496 e. The van der Waals surface area contributed by atoms with Gasteiger partial charge in [0.25, 0.3) is 5.91 Å². The predicted octanol–water partition coefficient (Wildman–Crippen LogP) is 4.18. The van der Waals surface area contributed by atoms with Crippen LogP contribution in [-0.2, 0) is 0 Å². The number of methoxy groups -OCH3 is 1. The first kappa shape index (κ1) is 16.4. The van der Waals surface area contributed by atoms with Crippen LogP contribution in [0.2, 0.25) is 0 Å². The Morgan fingerprint density at radius 3 is 2.62 bits per heavy atom. The third kappa shape index (κ3) is 3.70. The summed E-state index contributed by atoms with van der Waals surface area (Å²) in [5.41, 5.74) is 2.55. The maximum absolute atomic E-state index is 12.4. The van der Waals surface area contributed by atoms with E-state index in [2.05, 4.69) is 29.3 Å². The SMILES string of the molecule is COc1ccccc1C(=O)Nc1ccc(N2CCCC(C)C2)cc1. The molecule has 0 radical (unpaired) electrons. The van der Waals surface area contributed by atoms with Gasteiger partial charge < -0.3 is 15.0 Å². The summed E-state index contributed by atoms with van der Waals surface area (Å²) >= 11 is 0. The zero-order chi connectivity index (χ0) is 16.9. The van der Waals surface area contributed by atoms with E-state index < -0.39 is 0 Å². The lowest BCUT2D eigenvalue weighted by Crippen LogP contribution is -2.34. The first-order valence-electron chi connectivity index (χ1n) is 8.47.